The summed E-state index contributed by atoms with van der Waals surface area (Å²) in [6, 6.07) is 12.7. The minimum absolute atomic E-state index is 0.529. The molecule has 0 unspecified atom stereocenters. The van der Waals surface area contributed by atoms with Crippen LogP contribution >= 0.6 is 11.6 Å². The van der Waals surface area contributed by atoms with Crippen LogP contribution in [0.5, 0.6) is 0 Å². The zero-order valence-corrected chi connectivity index (χ0v) is 11.8. The van der Waals surface area contributed by atoms with Gasteiger partial charge in [-0.15, -0.1) is 11.6 Å². The van der Waals surface area contributed by atoms with E-state index in [1.54, 1.807) is 0 Å². The third-order valence-electron chi connectivity index (χ3n) is 2.96. The molecule has 0 nitrogen and oxygen atoms in total. The van der Waals surface area contributed by atoms with E-state index in [1.165, 1.54) is 22.3 Å². The first kappa shape index (κ1) is 12.4. The maximum absolute atomic E-state index is 6.02. The predicted molar refractivity (Wildman–Crippen MR) is 76.3 cm³/mol. The molecule has 0 aliphatic heterocycles. The minimum atomic E-state index is 0.529. The summed E-state index contributed by atoms with van der Waals surface area (Å²) in [7, 11) is 3.68. The largest absolute Gasteiger partial charge is 0.122 e. The zero-order valence-electron chi connectivity index (χ0n) is 10.0. The lowest BCUT2D eigenvalue weighted by Crippen LogP contribution is -2.09. The molecule has 3 radical (unpaired) electrons. The maximum Gasteiger partial charge on any atom is 0.0720 e. The quantitative estimate of drug-likeness (QED) is 0.571. The topological polar surface area (TPSA) is 0 Å². The molecule has 2 heteroatoms. The normalized spacial score (nSPS) is 10.6. The second-order valence-electron chi connectivity index (χ2n) is 4.29. The molecule has 0 N–H and O–H groups in total. The number of benzene rings is 2. The van der Waals surface area contributed by atoms with Crippen molar-refractivity contribution in [1.29, 1.82) is 0 Å². The number of alkyl halides is 1. The molecule has 0 aliphatic carbocycles. The van der Waals surface area contributed by atoms with Crippen LogP contribution in [-0.2, 0) is 5.88 Å². The monoisotopic (exact) mass is 257 g/mol. The molecule has 0 aliphatic rings. The summed E-state index contributed by atoms with van der Waals surface area (Å²) in [5, 5.41) is 1.09. The van der Waals surface area contributed by atoms with Crippen molar-refractivity contribution in [3.05, 3.63) is 53.1 Å². The van der Waals surface area contributed by atoms with Gasteiger partial charge in [-0.1, -0.05) is 47.1 Å². The number of hydrogen-bond donors (Lipinski definition) is 0. The van der Waals surface area contributed by atoms with Gasteiger partial charge in [0.25, 0.3) is 0 Å². The fraction of sp³-hybridized carbons (Fsp3) is 0.200. The van der Waals surface area contributed by atoms with Gasteiger partial charge in [-0.05, 0) is 36.1 Å². The summed E-state index contributed by atoms with van der Waals surface area (Å²) in [5.74, 6) is 0.529. The van der Waals surface area contributed by atoms with Gasteiger partial charge >= 0.3 is 0 Å². The second-order valence-corrected chi connectivity index (χ2v) is 5.10. The third kappa shape index (κ3) is 2.45. The average molecular weight is 258 g/mol. The first-order valence-corrected chi connectivity index (χ1v) is 6.64. The van der Waals surface area contributed by atoms with Crippen LogP contribution in [0, 0.1) is 13.8 Å². The van der Waals surface area contributed by atoms with Gasteiger partial charge in [0.2, 0.25) is 0 Å². The highest BCUT2D eigenvalue weighted by Gasteiger charge is 2.09. The first-order chi connectivity index (χ1) is 8.13. The van der Waals surface area contributed by atoms with E-state index < -0.39 is 0 Å². The van der Waals surface area contributed by atoms with E-state index in [0.29, 0.717) is 5.88 Å². The molecule has 0 bridgehead atoms. The van der Waals surface area contributed by atoms with Crippen LogP contribution in [0.25, 0.3) is 11.1 Å². The molecule has 0 amide bonds. The molecule has 0 saturated heterocycles. The Kier molecular flexibility index (Phi) is 3.70. The van der Waals surface area contributed by atoms with Crippen LogP contribution in [0.2, 0.25) is 0 Å². The molecule has 0 heterocycles. The molecule has 17 heavy (non-hydrogen) atoms. The molecule has 0 aromatic heterocycles. The van der Waals surface area contributed by atoms with Crippen LogP contribution in [0.1, 0.15) is 16.7 Å². The van der Waals surface area contributed by atoms with Crippen LogP contribution in [-0.4, -0.2) is 10.2 Å². The maximum atomic E-state index is 6.02. The van der Waals surface area contributed by atoms with Crippen LogP contribution in [0.15, 0.2) is 36.4 Å². The van der Waals surface area contributed by atoms with E-state index in [2.05, 4.69) is 54.4 Å². The lowest BCUT2D eigenvalue weighted by molar-refractivity contribution is 1.36. The predicted octanol–water partition coefficient (Wildman–Crippen LogP) is 3.50. The molecule has 0 saturated carbocycles. The summed E-state index contributed by atoms with van der Waals surface area (Å²) < 4.78 is 0. The summed E-state index contributed by atoms with van der Waals surface area (Å²) >= 11 is 6.02. The number of hydrogen-bond acceptors (Lipinski definition) is 0. The summed E-state index contributed by atoms with van der Waals surface area (Å²) in [6.45, 7) is 4.24. The summed E-state index contributed by atoms with van der Waals surface area (Å²) in [4.78, 5) is 0. The Labute approximate surface area is 111 Å². The van der Waals surface area contributed by atoms with Gasteiger partial charge in [-0.2, -0.15) is 0 Å². The van der Waals surface area contributed by atoms with Gasteiger partial charge in [0, 0.05) is 5.88 Å². The SMILES string of the molecule is Cc1ccc(C)c(-c2c([Si])cccc2CCl)c1. The van der Waals surface area contributed by atoms with Crippen molar-refractivity contribution in [3.63, 3.8) is 0 Å². The van der Waals surface area contributed by atoms with Crippen molar-refractivity contribution in [2.24, 2.45) is 0 Å². The molecular formula is C15H14ClSi. The van der Waals surface area contributed by atoms with Gasteiger partial charge in [0.1, 0.15) is 0 Å². The summed E-state index contributed by atoms with van der Waals surface area (Å²) in [6.07, 6.45) is 0. The van der Waals surface area contributed by atoms with E-state index in [4.69, 9.17) is 11.6 Å². The molecule has 85 valence electrons. The van der Waals surface area contributed by atoms with Crippen molar-refractivity contribution in [2.75, 3.05) is 0 Å². The Morgan fingerprint density at radius 3 is 2.59 bits per heavy atom. The Morgan fingerprint density at radius 2 is 1.88 bits per heavy atom. The van der Waals surface area contributed by atoms with Crippen molar-refractivity contribution in [1.82, 2.24) is 0 Å². The Bertz CT molecular complexity index is 547. The van der Waals surface area contributed by atoms with Gasteiger partial charge in [-0.3, -0.25) is 0 Å². The highest BCUT2D eigenvalue weighted by Crippen LogP contribution is 2.27. The smallest absolute Gasteiger partial charge is 0.0720 e. The molecule has 0 spiro atoms. The van der Waals surface area contributed by atoms with Gasteiger partial charge in [-0.25, -0.2) is 0 Å². The highest BCUT2D eigenvalue weighted by molar-refractivity contribution is 6.36. The van der Waals surface area contributed by atoms with E-state index in [-0.39, 0.29) is 0 Å². The van der Waals surface area contributed by atoms with Crippen molar-refractivity contribution < 1.29 is 0 Å². The fourth-order valence-electron chi connectivity index (χ4n) is 2.03. The van der Waals surface area contributed by atoms with Crippen LogP contribution < -0.4 is 5.19 Å². The molecule has 0 atom stereocenters. The number of halogens is 1. The van der Waals surface area contributed by atoms with Gasteiger partial charge in [0.15, 0.2) is 0 Å². The molecule has 2 aromatic carbocycles. The van der Waals surface area contributed by atoms with Gasteiger partial charge in [0.05, 0.1) is 10.2 Å². The minimum Gasteiger partial charge on any atom is -0.122 e. The molecule has 2 aromatic rings. The Hall–Kier alpha value is -1.05. The fourth-order valence-corrected chi connectivity index (χ4v) is 2.65. The van der Waals surface area contributed by atoms with Crippen molar-refractivity contribution in [3.8, 4) is 11.1 Å². The second kappa shape index (κ2) is 5.07. The van der Waals surface area contributed by atoms with E-state index in [1.807, 2.05) is 6.07 Å². The standard InChI is InChI=1S/C15H14ClSi/c1-10-6-7-11(2)13(8-10)15-12(9-16)4-3-5-14(15)17/h3-8H,9H2,1-2H3. The van der Waals surface area contributed by atoms with Gasteiger partial charge < -0.3 is 0 Å². The number of aryl methyl sites for hydroxylation is 2. The van der Waals surface area contributed by atoms with E-state index in [0.717, 1.165) is 10.8 Å². The Balaban J connectivity index is 2.71. The lowest BCUT2D eigenvalue weighted by Gasteiger charge is -2.14. The number of rotatable bonds is 2. The Morgan fingerprint density at radius 1 is 1.12 bits per heavy atom. The molecular weight excluding hydrogens is 244 g/mol. The molecule has 2 rings (SSSR count). The van der Waals surface area contributed by atoms with Crippen LogP contribution in [0.3, 0.4) is 0 Å². The summed E-state index contributed by atoms with van der Waals surface area (Å²) in [5.41, 5.74) is 6.16. The van der Waals surface area contributed by atoms with Crippen LogP contribution in [0.4, 0.5) is 0 Å². The van der Waals surface area contributed by atoms with Crippen molar-refractivity contribution >= 4 is 27.0 Å². The average Bonchev–Trinajstić information content (AvgIpc) is 2.32. The third-order valence-corrected chi connectivity index (χ3v) is 3.66. The lowest BCUT2D eigenvalue weighted by atomic mass is 9.95. The molecule has 0 fully saturated rings. The van der Waals surface area contributed by atoms with E-state index in [9.17, 15) is 0 Å². The highest BCUT2D eigenvalue weighted by atomic mass is 35.5. The first-order valence-electron chi connectivity index (χ1n) is 5.60. The zero-order chi connectivity index (χ0) is 12.4. The van der Waals surface area contributed by atoms with Crippen molar-refractivity contribution in [2.45, 2.75) is 19.7 Å². The van der Waals surface area contributed by atoms with E-state index >= 15 is 0 Å².